The quantitative estimate of drug-likeness (QED) is 0.784. The maximum absolute atomic E-state index is 12.4. The van der Waals surface area contributed by atoms with E-state index < -0.39 is 0 Å². The van der Waals surface area contributed by atoms with Gasteiger partial charge < -0.3 is 10.6 Å². The molecule has 0 fully saturated rings. The normalized spacial score (nSPS) is 11.9. The van der Waals surface area contributed by atoms with Gasteiger partial charge in [0.25, 0.3) is 5.91 Å². The van der Waals surface area contributed by atoms with Crippen molar-refractivity contribution in [3.05, 3.63) is 70.2 Å². The first-order valence-corrected chi connectivity index (χ1v) is 8.82. The van der Waals surface area contributed by atoms with E-state index in [0.717, 1.165) is 11.1 Å². The highest BCUT2D eigenvalue weighted by Crippen LogP contribution is 2.14. The molecule has 0 aromatic heterocycles. The zero-order valence-electron chi connectivity index (χ0n) is 15.3. The minimum absolute atomic E-state index is 0.0607. The van der Waals surface area contributed by atoms with Crippen molar-refractivity contribution >= 4 is 23.4 Å². The van der Waals surface area contributed by atoms with E-state index in [1.807, 2.05) is 49.2 Å². The molecule has 138 valence electrons. The standard InChI is InChI=1S/C20H24ClN3O2/c1-14(19(25)23-12-17-6-4-5-7-18(17)21)24(3)13-15-8-10-16(11-9-15)20(26)22-2/h4-11,14H,12-13H2,1-3H3,(H,22,26)(H,23,25). The molecule has 0 spiro atoms. The number of carbonyl (C=O) groups is 2. The highest BCUT2D eigenvalue weighted by molar-refractivity contribution is 6.31. The lowest BCUT2D eigenvalue weighted by molar-refractivity contribution is -0.125. The fourth-order valence-corrected chi connectivity index (χ4v) is 2.71. The molecule has 5 nitrogen and oxygen atoms in total. The van der Waals surface area contributed by atoms with Gasteiger partial charge in [-0.3, -0.25) is 14.5 Å². The topological polar surface area (TPSA) is 61.4 Å². The second-order valence-corrected chi connectivity index (χ2v) is 6.58. The van der Waals surface area contributed by atoms with Gasteiger partial charge in [0.15, 0.2) is 0 Å². The van der Waals surface area contributed by atoms with E-state index in [1.54, 1.807) is 25.2 Å². The Balaban J connectivity index is 1.89. The summed E-state index contributed by atoms with van der Waals surface area (Å²) in [5, 5.41) is 6.16. The van der Waals surface area contributed by atoms with Crippen LogP contribution in [0, 0.1) is 0 Å². The van der Waals surface area contributed by atoms with Crippen LogP contribution in [-0.2, 0) is 17.9 Å². The molecule has 2 amide bonds. The minimum Gasteiger partial charge on any atom is -0.355 e. The first-order valence-electron chi connectivity index (χ1n) is 8.44. The SMILES string of the molecule is CNC(=O)c1ccc(CN(C)C(C)C(=O)NCc2ccccc2Cl)cc1. The minimum atomic E-state index is -0.295. The number of nitrogens with one attached hydrogen (secondary N) is 2. The number of amides is 2. The smallest absolute Gasteiger partial charge is 0.251 e. The Morgan fingerprint density at radius 1 is 1.12 bits per heavy atom. The fraction of sp³-hybridized carbons (Fsp3) is 0.300. The van der Waals surface area contributed by atoms with Crippen molar-refractivity contribution in [3.63, 3.8) is 0 Å². The highest BCUT2D eigenvalue weighted by Gasteiger charge is 2.18. The molecule has 1 unspecified atom stereocenters. The van der Waals surface area contributed by atoms with Crippen molar-refractivity contribution < 1.29 is 9.59 Å². The first-order chi connectivity index (χ1) is 12.4. The summed E-state index contributed by atoms with van der Waals surface area (Å²) in [6.45, 7) is 2.87. The summed E-state index contributed by atoms with van der Waals surface area (Å²) < 4.78 is 0. The van der Waals surface area contributed by atoms with Gasteiger partial charge in [-0.05, 0) is 43.3 Å². The summed E-state index contributed by atoms with van der Waals surface area (Å²) >= 11 is 6.11. The second-order valence-electron chi connectivity index (χ2n) is 6.18. The molecular weight excluding hydrogens is 350 g/mol. The maximum atomic E-state index is 12.4. The molecule has 6 heteroatoms. The zero-order valence-corrected chi connectivity index (χ0v) is 16.0. The monoisotopic (exact) mass is 373 g/mol. The van der Waals surface area contributed by atoms with Gasteiger partial charge in [0.1, 0.15) is 0 Å². The van der Waals surface area contributed by atoms with E-state index in [9.17, 15) is 9.59 Å². The molecule has 0 aliphatic rings. The Hall–Kier alpha value is -2.37. The van der Waals surface area contributed by atoms with Gasteiger partial charge in [-0.1, -0.05) is 41.9 Å². The van der Waals surface area contributed by atoms with Crippen LogP contribution < -0.4 is 10.6 Å². The molecule has 2 N–H and O–H groups in total. The number of halogens is 1. The number of carbonyl (C=O) groups excluding carboxylic acids is 2. The number of benzene rings is 2. The van der Waals surface area contributed by atoms with Crippen LogP contribution in [0.1, 0.15) is 28.4 Å². The molecule has 0 bridgehead atoms. The lowest BCUT2D eigenvalue weighted by Crippen LogP contribution is -2.42. The Morgan fingerprint density at radius 3 is 2.38 bits per heavy atom. The molecule has 1 atom stereocenters. The van der Waals surface area contributed by atoms with Crippen LogP contribution in [-0.4, -0.2) is 36.9 Å². The predicted molar refractivity (Wildman–Crippen MR) is 104 cm³/mol. The van der Waals surface area contributed by atoms with Gasteiger partial charge in [-0.15, -0.1) is 0 Å². The van der Waals surface area contributed by atoms with E-state index in [-0.39, 0.29) is 17.9 Å². The second kappa shape index (κ2) is 9.36. The average molecular weight is 374 g/mol. The molecular formula is C20H24ClN3O2. The summed E-state index contributed by atoms with van der Waals surface area (Å²) in [7, 11) is 3.50. The third-order valence-electron chi connectivity index (χ3n) is 4.33. The summed E-state index contributed by atoms with van der Waals surface area (Å²) in [6.07, 6.45) is 0. The molecule has 0 saturated heterocycles. The van der Waals surface area contributed by atoms with Crippen LogP contribution in [0.5, 0.6) is 0 Å². The van der Waals surface area contributed by atoms with Gasteiger partial charge in [0.2, 0.25) is 5.91 Å². The summed E-state index contributed by atoms with van der Waals surface area (Å²) in [6, 6.07) is 14.5. The van der Waals surface area contributed by atoms with Crippen LogP contribution in [0.3, 0.4) is 0 Å². The van der Waals surface area contributed by atoms with Crippen molar-refractivity contribution in [2.75, 3.05) is 14.1 Å². The summed E-state index contributed by atoms with van der Waals surface area (Å²) in [4.78, 5) is 25.9. The van der Waals surface area contributed by atoms with Crippen LogP contribution in [0.4, 0.5) is 0 Å². The molecule has 2 aromatic carbocycles. The van der Waals surface area contributed by atoms with E-state index in [2.05, 4.69) is 10.6 Å². The predicted octanol–water partition coefficient (Wildman–Crippen LogP) is 2.84. The number of hydrogen-bond acceptors (Lipinski definition) is 3. The van der Waals surface area contributed by atoms with Crippen molar-refractivity contribution in [1.82, 2.24) is 15.5 Å². The van der Waals surface area contributed by atoms with Crippen molar-refractivity contribution in [2.24, 2.45) is 0 Å². The van der Waals surface area contributed by atoms with Crippen LogP contribution in [0.15, 0.2) is 48.5 Å². The Kier molecular flexibility index (Phi) is 7.18. The van der Waals surface area contributed by atoms with E-state index in [4.69, 9.17) is 11.6 Å². The van der Waals surface area contributed by atoms with Crippen molar-refractivity contribution in [2.45, 2.75) is 26.1 Å². The molecule has 0 radical (unpaired) electrons. The van der Waals surface area contributed by atoms with E-state index in [0.29, 0.717) is 23.7 Å². The van der Waals surface area contributed by atoms with E-state index in [1.165, 1.54) is 0 Å². The lowest BCUT2D eigenvalue weighted by Gasteiger charge is -2.24. The highest BCUT2D eigenvalue weighted by atomic mass is 35.5. The first kappa shape index (κ1) is 19.9. The molecule has 0 aliphatic carbocycles. The van der Waals surface area contributed by atoms with Crippen LogP contribution >= 0.6 is 11.6 Å². The number of rotatable bonds is 7. The molecule has 0 saturated carbocycles. The van der Waals surface area contributed by atoms with Crippen molar-refractivity contribution in [1.29, 1.82) is 0 Å². The number of nitrogens with zero attached hydrogens (tertiary/aromatic N) is 1. The average Bonchev–Trinajstić information content (AvgIpc) is 2.66. The molecule has 0 aliphatic heterocycles. The van der Waals surface area contributed by atoms with Gasteiger partial charge in [-0.2, -0.15) is 0 Å². The van der Waals surface area contributed by atoms with Crippen LogP contribution in [0.25, 0.3) is 0 Å². The largest absolute Gasteiger partial charge is 0.355 e. The molecule has 2 aromatic rings. The van der Waals surface area contributed by atoms with Gasteiger partial charge in [0.05, 0.1) is 6.04 Å². The van der Waals surface area contributed by atoms with Crippen molar-refractivity contribution in [3.8, 4) is 0 Å². The molecule has 26 heavy (non-hydrogen) atoms. The third-order valence-corrected chi connectivity index (χ3v) is 4.70. The lowest BCUT2D eigenvalue weighted by atomic mass is 10.1. The van der Waals surface area contributed by atoms with Gasteiger partial charge in [-0.25, -0.2) is 0 Å². The van der Waals surface area contributed by atoms with E-state index >= 15 is 0 Å². The summed E-state index contributed by atoms with van der Waals surface area (Å²) in [5.74, 6) is -0.174. The summed E-state index contributed by atoms with van der Waals surface area (Å²) in [5.41, 5.74) is 2.54. The molecule has 2 rings (SSSR count). The Labute approximate surface area is 159 Å². The fourth-order valence-electron chi connectivity index (χ4n) is 2.50. The third kappa shape index (κ3) is 5.31. The molecule has 0 heterocycles. The Bertz CT molecular complexity index is 762. The van der Waals surface area contributed by atoms with Gasteiger partial charge in [0, 0.05) is 30.7 Å². The number of hydrogen-bond donors (Lipinski definition) is 2. The zero-order chi connectivity index (χ0) is 19.1. The maximum Gasteiger partial charge on any atom is 0.251 e. The Morgan fingerprint density at radius 2 is 1.77 bits per heavy atom. The number of likely N-dealkylation sites (N-methyl/N-ethyl adjacent to an activating group) is 1. The van der Waals surface area contributed by atoms with Gasteiger partial charge >= 0.3 is 0 Å². The van der Waals surface area contributed by atoms with Crippen LogP contribution in [0.2, 0.25) is 5.02 Å².